The van der Waals surface area contributed by atoms with Gasteiger partial charge in [-0.15, -0.1) is 5.10 Å². The third-order valence-corrected chi connectivity index (χ3v) is 3.57. The zero-order valence-electron chi connectivity index (χ0n) is 13.8. The molecule has 0 spiro atoms. The molecule has 1 aromatic rings. The first-order valence-electron chi connectivity index (χ1n) is 7.06. The molecule has 0 bridgehead atoms. The topological polar surface area (TPSA) is 90.9 Å². The van der Waals surface area contributed by atoms with Crippen LogP contribution >= 0.6 is 0 Å². The molecule has 1 rings (SSSR count). The molecule has 1 atom stereocenters. The summed E-state index contributed by atoms with van der Waals surface area (Å²) in [5.74, 6) is 0.723. The summed E-state index contributed by atoms with van der Waals surface area (Å²) in [4.78, 5) is 4.23. The van der Waals surface area contributed by atoms with Gasteiger partial charge >= 0.3 is 0 Å². The zero-order chi connectivity index (χ0) is 16.2. The average Bonchev–Trinajstić information content (AvgIpc) is 2.42. The summed E-state index contributed by atoms with van der Waals surface area (Å²) in [5, 5.41) is 20.7. The highest BCUT2D eigenvalue weighted by Gasteiger charge is 2.23. The lowest BCUT2D eigenvalue weighted by atomic mass is 10.1. The Morgan fingerprint density at radius 1 is 1.33 bits per heavy atom. The Morgan fingerprint density at radius 2 is 1.95 bits per heavy atom. The van der Waals surface area contributed by atoms with Gasteiger partial charge in [0, 0.05) is 19.1 Å². The molecule has 7 nitrogen and oxygen atoms in total. The SMILES string of the molecule is CCN(c1nnc(C)c(C)c1C(N)=NO)C(C)CN(C)C. The van der Waals surface area contributed by atoms with E-state index >= 15 is 0 Å². The maximum Gasteiger partial charge on any atom is 0.174 e. The highest BCUT2D eigenvalue weighted by Crippen LogP contribution is 2.23. The molecule has 1 heterocycles. The van der Waals surface area contributed by atoms with Gasteiger partial charge in [-0.05, 0) is 47.4 Å². The number of aryl methyl sites for hydroxylation is 1. The van der Waals surface area contributed by atoms with Crippen molar-refractivity contribution >= 4 is 11.7 Å². The molecule has 0 radical (unpaired) electrons. The quantitative estimate of drug-likeness (QED) is 0.351. The van der Waals surface area contributed by atoms with E-state index in [0.717, 1.165) is 24.3 Å². The van der Waals surface area contributed by atoms with Crippen LogP contribution in [-0.2, 0) is 0 Å². The molecule has 21 heavy (non-hydrogen) atoms. The Bertz CT molecular complexity index is 514. The summed E-state index contributed by atoms with van der Waals surface area (Å²) in [5.41, 5.74) is 8.16. The van der Waals surface area contributed by atoms with Crippen molar-refractivity contribution in [3.05, 3.63) is 16.8 Å². The second kappa shape index (κ2) is 7.21. The van der Waals surface area contributed by atoms with Crippen LogP contribution in [0.5, 0.6) is 0 Å². The van der Waals surface area contributed by atoms with Crippen LogP contribution in [0.2, 0.25) is 0 Å². The lowest BCUT2D eigenvalue weighted by molar-refractivity contribution is 0.318. The standard InChI is InChI=1S/C14H26N6O/c1-7-20(9(2)8-19(5)6)14-12(13(15)18-21)10(3)11(4)16-17-14/h9,21H,7-8H2,1-6H3,(H2,15,18). The van der Waals surface area contributed by atoms with Gasteiger partial charge in [-0.25, -0.2) is 0 Å². The van der Waals surface area contributed by atoms with Crippen LogP contribution in [0, 0.1) is 13.8 Å². The Hall–Kier alpha value is -1.89. The maximum atomic E-state index is 9.05. The highest BCUT2D eigenvalue weighted by atomic mass is 16.4. The lowest BCUT2D eigenvalue weighted by Gasteiger charge is -2.32. The van der Waals surface area contributed by atoms with E-state index in [-0.39, 0.29) is 11.9 Å². The van der Waals surface area contributed by atoms with Crippen LogP contribution in [0.1, 0.15) is 30.7 Å². The molecule has 0 aromatic carbocycles. The number of nitrogens with zero attached hydrogens (tertiary/aromatic N) is 5. The number of hydrogen-bond acceptors (Lipinski definition) is 6. The summed E-state index contributed by atoms with van der Waals surface area (Å²) in [6, 6.07) is 0.228. The van der Waals surface area contributed by atoms with Gasteiger partial charge in [0.2, 0.25) is 0 Å². The van der Waals surface area contributed by atoms with Gasteiger partial charge in [-0.1, -0.05) is 5.16 Å². The Balaban J connectivity index is 3.36. The number of oxime groups is 1. The number of likely N-dealkylation sites (N-methyl/N-ethyl adjacent to an activating group) is 2. The van der Waals surface area contributed by atoms with Gasteiger partial charge in [0.15, 0.2) is 11.7 Å². The van der Waals surface area contributed by atoms with Gasteiger partial charge in [-0.3, -0.25) is 0 Å². The van der Waals surface area contributed by atoms with E-state index in [2.05, 4.69) is 39.0 Å². The average molecular weight is 294 g/mol. The van der Waals surface area contributed by atoms with Crippen molar-refractivity contribution in [3.8, 4) is 0 Å². The van der Waals surface area contributed by atoms with Crippen LogP contribution in [0.15, 0.2) is 5.16 Å². The van der Waals surface area contributed by atoms with Crippen molar-refractivity contribution in [2.24, 2.45) is 10.9 Å². The molecule has 1 unspecified atom stereocenters. The Labute approximate surface area is 126 Å². The Kier molecular flexibility index (Phi) is 5.90. The summed E-state index contributed by atoms with van der Waals surface area (Å²) >= 11 is 0. The second-order valence-corrected chi connectivity index (χ2v) is 5.49. The summed E-state index contributed by atoms with van der Waals surface area (Å²) in [6.07, 6.45) is 0. The zero-order valence-corrected chi connectivity index (χ0v) is 13.8. The van der Waals surface area contributed by atoms with E-state index in [9.17, 15) is 0 Å². The minimum atomic E-state index is 0.0657. The van der Waals surface area contributed by atoms with E-state index in [1.807, 2.05) is 27.9 Å². The van der Waals surface area contributed by atoms with Crippen molar-refractivity contribution < 1.29 is 5.21 Å². The molecule has 0 saturated heterocycles. The first kappa shape index (κ1) is 17.2. The van der Waals surface area contributed by atoms with E-state index < -0.39 is 0 Å². The molecule has 0 aliphatic rings. The second-order valence-electron chi connectivity index (χ2n) is 5.49. The van der Waals surface area contributed by atoms with E-state index in [1.54, 1.807) is 0 Å². The van der Waals surface area contributed by atoms with Gasteiger partial charge in [0.1, 0.15) is 0 Å². The van der Waals surface area contributed by atoms with Crippen molar-refractivity contribution in [1.29, 1.82) is 0 Å². The number of amidine groups is 1. The van der Waals surface area contributed by atoms with Gasteiger partial charge in [0.25, 0.3) is 0 Å². The van der Waals surface area contributed by atoms with Gasteiger partial charge in [0.05, 0.1) is 11.3 Å². The molecule has 3 N–H and O–H groups in total. The first-order valence-corrected chi connectivity index (χ1v) is 7.06. The molecule has 0 aliphatic carbocycles. The van der Waals surface area contributed by atoms with Gasteiger partial charge in [-0.2, -0.15) is 5.10 Å². The largest absolute Gasteiger partial charge is 0.409 e. The summed E-state index contributed by atoms with van der Waals surface area (Å²) in [6.45, 7) is 9.58. The smallest absolute Gasteiger partial charge is 0.174 e. The molecule has 7 heteroatoms. The summed E-state index contributed by atoms with van der Waals surface area (Å²) < 4.78 is 0. The summed E-state index contributed by atoms with van der Waals surface area (Å²) in [7, 11) is 4.06. The number of anilines is 1. The van der Waals surface area contributed by atoms with Crippen LogP contribution in [0.4, 0.5) is 5.82 Å². The highest BCUT2D eigenvalue weighted by molar-refractivity contribution is 6.02. The molecular weight excluding hydrogens is 268 g/mol. The Morgan fingerprint density at radius 3 is 2.43 bits per heavy atom. The molecule has 0 saturated carbocycles. The monoisotopic (exact) mass is 294 g/mol. The molecule has 1 aromatic heterocycles. The number of hydrogen-bond donors (Lipinski definition) is 2. The predicted molar refractivity (Wildman–Crippen MR) is 85.1 cm³/mol. The molecule has 0 amide bonds. The number of rotatable bonds is 6. The van der Waals surface area contributed by atoms with Crippen molar-refractivity contribution in [3.63, 3.8) is 0 Å². The van der Waals surface area contributed by atoms with Crippen molar-refractivity contribution in [1.82, 2.24) is 15.1 Å². The van der Waals surface area contributed by atoms with Crippen molar-refractivity contribution in [2.75, 3.05) is 32.1 Å². The lowest BCUT2D eigenvalue weighted by Crippen LogP contribution is -2.42. The fourth-order valence-corrected chi connectivity index (χ4v) is 2.45. The van der Waals surface area contributed by atoms with Crippen LogP contribution in [0.3, 0.4) is 0 Å². The maximum absolute atomic E-state index is 9.05. The normalized spacial score (nSPS) is 13.6. The van der Waals surface area contributed by atoms with E-state index in [0.29, 0.717) is 11.4 Å². The van der Waals surface area contributed by atoms with Crippen LogP contribution in [-0.4, -0.2) is 59.4 Å². The van der Waals surface area contributed by atoms with Crippen LogP contribution in [0.25, 0.3) is 0 Å². The molecule has 118 valence electrons. The van der Waals surface area contributed by atoms with Crippen LogP contribution < -0.4 is 10.6 Å². The number of nitrogens with two attached hydrogens (primary N) is 1. The molecular formula is C14H26N6O. The fourth-order valence-electron chi connectivity index (χ4n) is 2.45. The fraction of sp³-hybridized carbons (Fsp3) is 0.643. The van der Waals surface area contributed by atoms with E-state index in [1.165, 1.54) is 0 Å². The van der Waals surface area contributed by atoms with E-state index in [4.69, 9.17) is 10.9 Å². The molecule has 0 fully saturated rings. The predicted octanol–water partition coefficient (Wildman–Crippen LogP) is 0.964. The molecule has 0 aliphatic heterocycles. The number of aromatic nitrogens is 2. The minimum absolute atomic E-state index is 0.0657. The van der Waals surface area contributed by atoms with Crippen molar-refractivity contribution in [2.45, 2.75) is 33.7 Å². The van der Waals surface area contributed by atoms with Gasteiger partial charge < -0.3 is 20.7 Å². The first-order chi connectivity index (χ1) is 9.83. The minimum Gasteiger partial charge on any atom is -0.409 e. The third kappa shape index (κ3) is 3.81. The third-order valence-electron chi connectivity index (χ3n) is 3.57.